The average molecular weight is 516 g/mol. The number of nitrogens with zero attached hydrogens (tertiary/aromatic N) is 2. The van der Waals surface area contributed by atoms with Crippen LogP contribution in [-0.4, -0.2) is 25.4 Å². The lowest BCUT2D eigenvalue weighted by molar-refractivity contribution is -0.114. The Hall–Kier alpha value is -4.17. The number of amides is 1. The third kappa shape index (κ3) is 4.56. The Balaban J connectivity index is 1.49. The van der Waals surface area contributed by atoms with E-state index in [0.29, 0.717) is 5.69 Å². The summed E-state index contributed by atoms with van der Waals surface area (Å²) < 4.78 is 44.8. The minimum atomic E-state index is -4.22. The molecule has 5 aromatic rings. The van der Waals surface area contributed by atoms with Gasteiger partial charge in [0.05, 0.1) is 10.6 Å². The Morgan fingerprint density at radius 1 is 0.892 bits per heavy atom. The maximum absolute atomic E-state index is 14.7. The van der Waals surface area contributed by atoms with Crippen molar-refractivity contribution in [2.75, 3.05) is 16.2 Å². The van der Waals surface area contributed by atoms with E-state index in [1.165, 1.54) is 36.4 Å². The highest BCUT2D eigenvalue weighted by Crippen LogP contribution is 2.31. The molecule has 0 radical (unpaired) electrons. The van der Waals surface area contributed by atoms with E-state index in [2.05, 4.69) is 22.9 Å². The van der Waals surface area contributed by atoms with Gasteiger partial charge in [-0.3, -0.25) is 9.10 Å². The molecule has 1 N–H and O–H groups in total. The van der Waals surface area contributed by atoms with Crippen LogP contribution in [0.2, 0.25) is 0 Å². The van der Waals surface area contributed by atoms with E-state index in [0.717, 1.165) is 38.2 Å². The van der Waals surface area contributed by atoms with Crippen molar-refractivity contribution in [2.24, 2.45) is 0 Å². The van der Waals surface area contributed by atoms with Crippen LogP contribution in [0.3, 0.4) is 0 Å². The lowest BCUT2D eigenvalue weighted by Crippen LogP contribution is -2.38. The van der Waals surface area contributed by atoms with E-state index in [1.807, 2.05) is 37.3 Å². The molecule has 0 aliphatic heterocycles. The fourth-order valence-corrected chi connectivity index (χ4v) is 6.02. The van der Waals surface area contributed by atoms with Crippen LogP contribution in [0.1, 0.15) is 12.5 Å². The zero-order valence-corrected chi connectivity index (χ0v) is 21.3. The smallest absolute Gasteiger partial charge is 0.264 e. The molecule has 0 spiro atoms. The van der Waals surface area contributed by atoms with Crippen molar-refractivity contribution < 1.29 is 17.6 Å². The Kier molecular flexibility index (Phi) is 6.43. The summed E-state index contributed by atoms with van der Waals surface area (Å²) in [6.45, 7) is 4.12. The number of hydrogen-bond donors (Lipinski definition) is 1. The van der Waals surface area contributed by atoms with Crippen molar-refractivity contribution in [3.63, 3.8) is 0 Å². The summed E-state index contributed by atoms with van der Waals surface area (Å²) in [5.74, 6) is -1.32. The van der Waals surface area contributed by atoms with Crippen LogP contribution >= 0.6 is 0 Å². The molecule has 1 amide bonds. The molecule has 0 aliphatic carbocycles. The minimum Gasteiger partial charge on any atom is -0.341 e. The number of aryl methyl sites for hydroxylation is 2. The number of sulfonamides is 1. The van der Waals surface area contributed by atoms with Gasteiger partial charge in [-0.2, -0.15) is 0 Å². The Morgan fingerprint density at radius 3 is 2.30 bits per heavy atom. The summed E-state index contributed by atoms with van der Waals surface area (Å²) in [5.41, 5.74) is 3.35. The SMILES string of the molecule is CCn1c2ccccc2c2cc(NC(=O)CN(c3ccccc3F)S(=O)(=O)c3ccc(C)cc3)ccc21. The van der Waals surface area contributed by atoms with Crippen molar-refractivity contribution in [2.45, 2.75) is 25.3 Å². The summed E-state index contributed by atoms with van der Waals surface area (Å²) in [4.78, 5) is 13.1. The standard InChI is InChI=1S/C29H26FN3O3S/c1-3-32-26-10-6-4-8-23(26)24-18-21(14-17-27(24)32)31-29(34)19-33(28-11-7-5-9-25(28)30)37(35,36)22-15-12-20(2)13-16-22/h4-18H,3,19H2,1-2H3,(H,31,34). The zero-order chi connectivity index (χ0) is 26.2. The summed E-state index contributed by atoms with van der Waals surface area (Å²) >= 11 is 0. The lowest BCUT2D eigenvalue weighted by Gasteiger charge is -2.24. The topological polar surface area (TPSA) is 71.4 Å². The van der Waals surface area contributed by atoms with Gasteiger partial charge in [0.25, 0.3) is 10.0 Å². The molecular weight excluding hydrogens is 489 g/mol. The molecule has 0 saturated heterocycles. The zero-order valence-electron chi connectivity index (χ0n) is 20.5. The summed E-state index contributed by atoms with van der Waals surface area (Å²) in [7, 11) is -4.22. The average Bonchev–Trinajstić information content (AvgIpc) is 3.21. The maximum atomic E-state index is 14.7. The number of para-hydroxylation sites is 2. The molecule has 0 unspecified atom stereocenters. The van der Waals surface area contributed by atoms with Crippen molar-refractivity contribution in [1.82, 2.24) is 4.57 Å². The second-order valence-corrected chi connectivity index (χ2v) is 10.7. The molecule has 4 aromatic carbocycles. The Labute approximate surface area is 215 Å². The number of carbonyl (C=O) groups excluding carboxylic acids is 1. The fraction of sp³-hybridized carbons (Fsp3) is 0.138. The van der Waals surface area contributed by atoms with Gasteiger partial charge < -0.3 is 9.88 Å². The molecule has 8 heteroatoms. The molecule has 0 bridgehead atoms. The molecule has 188 valence electrons. The molecule has 5 rings (SSSR count). The summed E-state index contributed by atoms with van der Waals surface area (Å²) in [6.07, 6.45) is 0. The first kappa shape index (κ1) is 24.5. The van der Waals surface area contributed by atoms with E-state index in [-0.39, 0.29) is 10.6 Å². The monoisotopic (exact) mass is 515 g/mol. The molecule has 0 saturated carbocycles. The first-order chi connectivity index (χ1) is 17.8. The van der Waals surface area contributed by atoms with Crippen molar-refractivity contribution >= 4 is 49.1 Å². The predicted octanol–water partition coefficient (Wildman–Crippen LogP) is 6.10. The number of fused-ring (bicyclic) bond motifs is 3. The lowest BCUT2D eigenvalue weighted by atomic mass is 10.1. The van der Waals surface area contributed by atoms with Crippen LogP contribution in [-0.2, 0) is 21.4 Å². The van der Waals surface area contributed by atoms with Gasteiger partial charge in [-0.1, -0.05) is 48.0 Å². The Bertz CT molecular complexity index is 1730. The van der Waals surface area contributed by atoms with E-state index < -0.39 is 28.3 Å². The van der Waals surface area contributed by atoms with E-state index in [4.69, 9.17) is 0 Å². The van der Waals surface area contributed by atoms with Gasteiger partial charge >= 0.3 is 0 Å². The number of benzene rings is 4. The molecule has 6 nitrogen and oxygen atoms in total. The van der Waals surface area contributed by atoms with Crippen LogP contribution in [0.15, 0.2) is 95.9 Å². The molecule has 0 fully saturated rings. The van der Waals surface area contributed by atoms with Gasteiger partial charge in [0.2, 0.25) is 5.91 Å². The number of halogens is 1. The highest BCUT2D eigenvalue weighted by atomic mass is 32.2. The Morgan fingerprint density at radius 2 is 1.57 bits per heavy atom. The third-order valence-electron chi connectivity index (χ3n) is 6.39. The molecule has 37 heavy (non-hydrogen) atoms. The number of carbonyl (C=O) groups is 1. The van der Waals surface area contributed by atoms with Crippen molar-refractivity contribution in [1.29, 1.82) is 0 Å². The molecule has 1 heterocycles. The fourth-order valence-electron chi connectivity index (χ4n) is 4.59. The first-order valence-corrected chi connectivity index (χ1v) is 13.4. The number of hydrogen-bond acceptors (Lipinski definition) is 3. The van der Waals surface area contributed by atoms with Crippen molar-refractivity contribution in [3.05, 3.63) is 102 Å². The van der Waals surface area contributed by atoms with Gasteiger partial charge in [-0.25, -0.2) is 12.8 Å². The minimum absolute atomic E-state index is 0.0250. The maximum Gasteiger partial charge on any atom is 0.264 e. The summed E-state index contributed by atoms with van der Waals surface area (Å²) in [5, 5.41) is 4.84. The second kappa shape index (κ2) is 9.71. The van der Waals surface area contributed by atoms with E-state index in [1.54, 1.807) is 18.2 Å². The van der Waals surface area contributed by atoms with Crippen molar-refractivity contribution in [3.8, 4) is 0 Å². The number of nitrogens with one attached hydrogen (secondary N) is 1. The number of aromatic nitrogens is 1. The van der Waals surface area contributed by atoms with Gasteiger partial charge in [0, 0.05) is 34.0 Å². The van der Waals surface area contributed by atoms with Crippen LogP contribution in [0.4, 0.5) is 15.8 Å². The molecule has 0 aliphatic rings. The highest BCUT2D eigenvalue weighted by molar-refractivity contribution is 7.92. The van der Waals surface area contributed by atoms with Crippen LogP contribution in [0.25, 0.3) is 21.8 Å². The number of rotatable bonds is 7. The molecule has 1 aromatic heterocycles. The van der Waals surface area contributed by atoms with Crippen LogP contribution in [0.5, 0.6) is 0 Å². The van der Waals surface area contributed by atoms with Crippen LogP contribution < -0.4 is 9.62 Å². The van der Waals surface area contributed by atoms with Crippen LogP contribution in [0, 0.1) is 12.7 Å². The van der Waals surface area contributed by atoms with Gasteiger partial charge in [-0.15, -0.1) is 0 Å². The van der Waals surface area contributed by atoms with Gasteiger partial charge in [0.15, 0.2) is 0 Å². The third-order valence-corrected chi connectivity index (χ3v) is 8.16. The van der Waals surface area contributed by atoms with Gasteiger partial charge in [0.1, 0.15) is 12.4 Å². The van der Waals surface area contributed by atoms with E-state index in [9.17, 15) is 17.6 Å². The second-order valence-electron chi connectivity index (χ2n) is 8.82. The number of anilines is 2. The molecular formula is C29H26FN3O3S. The first-order valence-electron chi connectivity index (χ1n) is 11.9. The normalized spacial score (nSPS) is 11.6. The van der Waals surface area contributed by atoms with E-state index >= 15 is 0 Å². The van der Waals surface area contributed by atoms with Gasteiger partial charge in [-0.05, 0) is 62.4 Å². The largest absolute Gasteiger partial charge is 0.341 e. The summed E-state index contributed by atoms with van der Waals surface area (Å²) in [6, 6.07) is 25.4. The molecule has 0 atom stereocenters. The quantitative estimate of drug-likeness (QED) is 0.285. The predicted molar refractivity (Wildman–Crippen MR) is 146 cm³/mol. The highest BCUT2D eigenvalue weighted by Gasteiger charge is 2.29.